The van der Waals surface area contributed by atoms with Crippen LogP contribution in [0.4, 0.5) is 0 Å². The zero-order valence-electron chi connectivity index (χ0n) is 11.5. The molecule has 0 unspecified atom stereocenters. The monoisotopic (exact) mass is 333 g/mol. The summed E-state index contributed by atoms with van der Waals surface area (Å²) in [5.41, 5.74) is 0. The highest BCUT2D eigenvalue weighted by Crippen LogP contribution is 2.35. The van der Waals surface area contributed by atoms with Crippen LogP contribution in [-0.2, 0) is 14.3 Å². The zero-order chi connectivity index (χ0) is 15.9. The summed E-state index contributed by atoms with van der Waals surface area (Å²) in [4.78, 5) is 23.5. The molecule has 0 spiro atoms. The molecule has 0 atom stereocenters. The molecular formula is C16H12ClNO3S. The number of benzene rings is 1. The van der Waals surface area contributed by atoms with Gasteiger partial charge in [-0.05, 0) is 12.1 Å². The number of esters is 1. The Morgan fingerprint density at radius 1 is 1.41 bits per heavy atom. The van der Waals surface area contributed by atoms with Crippen LogP contribution in [0.15, 0.2) is 30.3 Å². The molecule has 0 bridgehead atoms. The van der Waals surface area contributed by atoms with Gasteiger partial charge in [-0.25, -0.2) is 4.79 Å². The largest absolute Gasteiger partial charge is 0.452 e. The van der Waals surface area contributed by atoms with Gasteiger partial charge in [-0.2, -0.15) is 0 Å². The van der Waals surface area contributed by atoms with Crippen LogP contribution in [0.3, 0.4) is 0 Å². The highest BCUT2D eigenvalue weighted by atomic mass is 35.5. The second kappa shape index (κ2) is 7.64. The number of thiophene rings is 1. The van der Waals surface area contributed by atoms with Crippen molar-refractivity contribution in [3.63, 3.8) is 0 Å². The van der Waals surface area contributed by atoms with E-state index in [1.54, 1.807) is 6.08 Å². The minimum Gasteiger partial charge on any atom is -0.452 e. The van der Waals surface area contributed by atoms with Gasteiger partial charge in [0.25, 0.3) is 5.91 Å². The summed E-state index contributed by atoms with van der Waals surface area (Å²) in [6.45, 7) is -0.269. The van der Waals surface area contributed by atoms with E-state index in [2.05, 4.69) is 11.2 Å². The molecule has 1 aromatic heterocycles. The van der Waals surface area contributed by atoms with E-state index in [9.17, 15) is 9.59 Å². The lowest BCUT2D eigenvalue weighted by molar-refractivity contribution is -0.143. The van der Waals surface area contributed by atoms with Gasteiger partial charge in [0.1, 0.15) is 0 Å². The maximum absolute atomic E-state index is 11.6. The molecule has 2 aromatic rings. The third kappa shape index (κ3) is 4.10. The molecule has 0 saturated heterocycles. The highest BCUT2D eigenvalue weighted by Gasteiger charge is 2.08. The Labute approximate surface area is 136 Å². The maximum Gasteiger partial charge on any atom is 0.331 e. The van der Waals surface area contributed by atoms with E-state index in [4.69, 9.17) is 22.8 Å². The number of halogens is 1. The van der Waals surface area contributed by atoms with Gasteiger partial charge in [0, 0.05) is 21.0 Å². The summed E-state index contributed by atoms with van der Waals surface area (Å²) >= 11 is 7.72. The number of terminal acetylenes is 1. The van der Waals surface area contributed by atoms with E-state index in [1.165, 1.54) is 17.4 Å². The van der Waals surface area contributed by atoms with Gasteiger partial charge in [-0.15, -0.1) is 17.8 Å². The first-order valence-electron chi connectivity index (χ1n) is 6.34. The average molecular weight is 334 g/mol. The Kier molecular flexibility index (Phi) is 5.59. The van der Waals surface area contributed by atoms with Crippen molar-refractivity contribution in [1.29, 1.82) is 0 Å². The molecule has 6 heteroatoms. The highest BCUT2D eigenvalue weighted by molar-refractivity contribution is 7.20. The number of amides is 1. The smallest absolute Gasteiger partial charge is 0.331 e. The van der Waals surface area contributed by atoms with Crippen LogP contribution in [0.1, 0.15) is 4.88 Å². The molecular weight excluding hydrogens is 322 g/mol. The SMILES string of the molecule is C#CCNC(=O)COC(=O)/C=C/c1sc2ccccc2c1Cl. The van der Waals surface area contributed by atoms with Crippen molar-refractivity contribution in [3.05, 3.63) is 40.2 Å². The van der Waals surface area contributed by atoms with Crippen molar-refractivity contribution >= 4 is 51.0 Å². The quantitative estimate of drug-likeness (QED) is 0.520. The third-order valence-electron chi connectivity index (χ3n) is 2.66. The molecule has 4 nitrogen and oxygen atoms in total. The minimum absolute atomic E-state index is 0.101. The lowest BCUT2D eigenvalue weighted by Crippen LogP contribution is -2.28. The standard InChI is InChI=1S/C16H12ClNO3S/c1-2-9-18-14(19)10-21-15(20)8-7-13-16(17)11-5-3-4-6-12(11)22-13/h1,3-8H,9-10H2,(H,18,19)/b8-7+. The van der Waals surface area contributed by atoms with E-state index in [0.717, 1.165) is 15.0 Å². The molecule has 0 radical (unpaired) electrons. The number of carbonyl (C=O) groups is 2. The normalized spacial score (nSPS) is 10.5. The first-order valence-corrected chi connectivity index (χ1v) is 7.53. The van der Waals surface area contributed by atoms with Crippen LogP contribution in [0.25, 0.3) is 16.2 Å². The first-order chi connectivity index (χ1) is 10.6. The van der Waals surface area contributed by atoms with Gasteiger partial charge < -0.3 is 10.1 Å². The van der Waals surface area contributed by atoms with E-state index < -0.39 is 11.9 Å². The van der Waals surface area contributed by atoms with E-state index >= 15 is 0 Å². The van der Waals surface area contributed by atoms with Crippen molar-refractivity contribution in [2.75, 3.05) is 13.2 Å². The van der Waals surface area contributed by atoms with Gasteiger partial charge >= 0.3 is 5.97 Å². The summed E-state index contributed by atoms with van der Waals surface area (Å²) in [5.74, 6) is 1.19. The fourth-order valence-electron chi connectivity index (χ4n) is 1.67. The predicted molar refractivity (Wildman–Crippen MR) is 88.7 cm³/mol. The molecule has 1 N–H and O–H groups in total. The van der Waals surface area contributed by atoms with Crippen LogP contribution < -0.4 is 5.32 Å². The Balaban J connectivity index is 1.96. The number of fused-ring (bicyclic) bond motifs is 1. The summed E-state index contributed by atoms with van der Waals surface area (Å²) in [6, 6.07) is 7.69. The number of rotatable bonds is 5. The van der Waals surface area contributed by atoms with E-state index in [-0.39, 0.29) is 13.2 Å². The molecule has 2 rings (SSSR count). The summed E-state index contributed by atoms with van der Waals surface area (Å²) in [7, 11) is 0. The average Bonchev–Trinajstić information content (AvgIpc) is 2.85. The van der Waals surface area contributed by atoms with Gasteiger partial charge in [0.15, 0.2) is 6.61 Å². The van der Waals surface area contributed by atoms with Crippen molar-refractivity contribution in [2.24, 2.45) is 0 Å². The second-order valence-electron chi connectivity index (χ2n) is 4.20. The minimum atomic E-state index is -0.621. The molecule has 0 fully saturated rings. The van der Waals surface area contributed by atoms with Crippen molar-refractivity contribution in [2.45, 2.75) is 0 Å². The molecule has 0 aliphatic heterocycles. The van der Waals surface area contributed by atoms with E-state index in [0.29, 0.717) is 5.02 Å². The third-order valence-corrected chi connectivity index (χ3v) is 4.32. The van der Waals surface area contributed by atoms with Crippen LogP contribution in [0.5, 0.6) is 0 Å². The number of carbonyl (C=O) groups excluding carboxylic acids is 2. The molecule has 112 valence electrons. The Hall–Kier alpha value is -2.29. The lowest BCUT2D eigenvalue weighted by atomic mass is 10.2. The molecule has 22 heavy (non-hydrogen) atoms. The molecule has 0 saturated carbocycles. The number of ether oxygens (including phenoxy) is 1. The number of hydrogen-bond acceptors (Lipinski definition) is 4. The summed E-state index contributed by atoms with van der Waals surface area (Å²) < 4.78 is 5.83. The van der Waals surface area contributed by atoms with Crippen molar-refractivity contribution in [3.8, 4) is 12.3 Å². The van der Waals surface area contributed by atoms with E-state index in [1.807, 2.05) is 24.3 Å². The van der Waals surface area contributed by atoms with Gasteiger partial charge in [-0.3, -0.25) is 4.79 Å². The van der Waals surface area contributed by atoms with Crippen LogP contribution in [-0.4, -0.2) is 25.0 Å². The van der Waals surface area contributed by atoms with Gasteiger partial charge in [0.05, 0.1) is 11.6 Å². The Morgan fingerprint density at radius 3 is 2.91 bits per heavy atom. The Bertz CT molecular complexity index is 773. The van der Waals surface area contributed by atoms with Gasteiger partial charge in [0.2, 0.25) is 0 Å². The summed E-state index contributed by atoms with van der Waals surface area (Å²) in [6.07, 6.45) is 7.82. The fourth-order valence-corrected chi connectivity index (χ4v) is 3.07. The van der Waals surface area contributed by atoms with Gasteiger partial charge in [-0.1, -0.05) is 35.7 Å². The Morgan fingerprint density at radius 2 is 2.18 bits per heavy atom. The maximum atomic E-state index is 11.6. The first kappa shape index (κ1) is 16.1. The molecule has 1 heterocycles. The van der Waals surface area contributed by atoms with Crippen LogP contribution in [0.2, 0.25) is 5.02 Å². The van der Waals surface area contributed by atoms with Crippen molar-refractivity contribution < 1.29 is 14.3 Å². The second-order valence-corrected chi connectivity index (χ2v) is 5.66. The lowest BCUT2D eigenvalue weighted by Gasteiger charge is -2.01. The van der Waals surface area contributed by atoms with Crippen LogP contribution >= 0.6 is 22.9 Å². The topological polar surface area (TPSA) is 55.4 Å². The number of nitrogens with one attached hydrogen (secondary N) is 1. The summed E-state index contributed by atoms with van der Waals surface area (Å²) in [5, 5.41) is 3.93. The van der Waals surface area contributed by atoms with Crippen molar-refractivity contribution in [1.82, 2.24) is 5.32 Å². The predicted octanol–water partition coefficient (Wildman–Crippen LogP) is 2.86. The van der Waals surface area contributed by atoms with Crippen LogP contribution in [0, 0.1) is 12.3 Å². The molecule has 0 aliphatic carbocycles. The molecule has 1 aromatic carbocycles. The fraction of sp³-hybridized carbons (Fsp3) is 0.125. The number of hydrogen-bond donors (Lipinski definition) is 1. The molecule has 0 aliphatic rings. The molecule has 1 amide bonds. The zero-order valence-corrected chi connectivity index (χ0v) is 13.0.